The summed E-state index contributed by atoms with van der Waals surface area (Å²) in [5.41, 5.74) is 9.31. The second-order valence-electron chi connectivity index (χ2n) is 9.79. The van der Waals surface area contributed by atoms with Gasteiger partial charge in [-0.3, -0.25) is 0 Å². The minimum Gasteiger partial charge on any atom is -0.200 e. The van der Waals surface area contributed by atoms with Gasteiger partial charge in [0.05, 0.1) is 13.5 Å². The number of rotatable bonds is 3. The number of hydrogen-bond donors (Lipinski definition) is 0. The van der Waals surface area contributed by atoms with E-state index >= 15 is 0 Å². The van der Waals surface area contributed by atoms with E-state index in [-0.39, 0.29) is 0 Å². The van der Waals surface area contributed by atoms with E-state index in [0.29, 0.717) is 0 Å². The van der Waals surface area contributed by atoms with Crippen LogP contribution in [0.1, 0.15) is 23.1 Å². The van der Waals surface area contributed by atoms with E-state index in [0.717, 1.165) is 0 Å². The Balaban J connectivity index is 1.64. The van der Waals surface area contributed by atoms with Crippen LogP contribution in [0, 0.1) is 20.8 Å². The lowest BCUT2D eigenvalue weighted by molar-refractivity contribution is -0.659. The summed E-state index contributed by atoms with van der Waals surface area (Å²) in [5.74, 6) is 0. The van der Waals surface area contributed by atoms with Crippen molar-refractivity contribution < 1.29 is 4.57 Å². The molecule has 3 aromatic carbocycles. The van der Waals surface area contributed by atoms with E-state index in [1.807, 2.05) is 0 Å². The molecular formula is C29H32NSi+. The summed E-state index contributed by atoms with van der Waals surface area (Å²) in [4.78, 5) is 0. The van der Waals surface area contributed by atoms with E-state index in [4.69, 9.17) is 0 Å². The van der Waals surface area contributed by atoms with Gasteiger partial charge in [0.25, 0.3) is 0 Å². The first kappa shape index (κ1) is 20.2. The Morgan fingerprint density at radius 1 is 0.806 bits per heavy atom. The molecule has 0 amide bonds. The molecule has 1 fully saturated rings. The normalized spacial score (nSPS) is 15.1. The van der Waals surface area contributed by atoms with Gasteiger partial charge < -0.3 is 0 Å². The maximum Gasteiger partial charge on any atom is 0.220 e. The SMILES string of the molecule is Cc1cc(-c2c(C)cccc2C)ccc1-c1c2ccc([Si]3(C)CCC3)cc2cc[n+]1C. The molecule has 0 unspecified atom stereocenters. The molecule has 2 heteroatoms. The third-order valence-corrected chi connectivity index (χ3v) is 12.2. The van der Waals surface area contributed by atoms with Gasteiger partial charge in [-0.1, -0.05) is 72.7 Å². The van der Waals surface area contributed by atoms with Gasteiger partial charge in [0.1, 0.15) is 7.05 Å². The molecule has 1 aromatic heterocycles. The van der Waals surface area contributed by atoms with Crippen molar-refractivity contribution >= 4 is 24.0 Å². The summed E-state index contributed by atoms with van der Waals surface area (Å²) in [6, 6.07) is 26.0. The Kier molecular flexibility index (Phi) is 4.86. The molecule has 156 valence electrons. The van der Waals surface area contributed by atoms with Crippen molar-refractivity contribution in [2.45, 2.75) is 45.8 Å². The van der Waals surface area contributed by atoms with Crippen LogP contribution in [0.4, 0.5) is 0 Å². The molecule has 0 N–H and O–H groups in total. The van der Waals surface area contributed by atoms with E-state index < -0.39 is 8.07 Å². The van der Waals surface area contributed by atoms with Gasteiger partial charge in [0, 0.05) is 11.6 Å². The molecule has 0 aliphatic carbocycles. The highest BCUT2D eigenvalue weighted by Crippen LogP contribution is 2.35. The van der Waals surface area contributed by atoms with Crippen LogP contribution in [0.5, 0.6) is 0 Å². The lowest BCUT2D eigenvalue weighted by Crippen LogP contribution is -2.50. The fourth-order valence-electron chi connectivity index (χ4n) is 5.43. The van der Waals surface area contributed by atoms with Crippen molar-refractivity contribution in [3.05, 3.63) is 83.6 Å². The number of hydrogen-bond acceptors (Lipinski definition) is 0. The summed E-state index contributed by atoms with van der Waals surface area (Å²) in [6.07, 6.45) is 3.65. The van der Waals surface area contributed by atoms with Gasteiger partial charge in [-0.25, -0.2) is 4.57 Å². The van der Waals surface area contributed by atoms with Crippen molar-refractivity contribution in [3.63, 3.8) is 0 Å². The topological polar surface area (TPSA) is 3.88 Å². The molecule has 1 nitrogen and oxygen atoms in total. The van der Waals surface area contributed by atoms with Crippen LogP contribution < -0.4 is 9.75 Å². The van der Waals surface area contributed by atoms with Crippen LogP contribution in [0.25, 0.3) is 33.2 Å². The summed E-state index contributed by atoms with van der Waals surface area (Å²) >= 11 is 0. The lowest BCUT2D eigenvalue weighted by Gasteiger charge is -2.36. The van der Waals surface area contributed by atoms with Crippen LogP contribution in [-0.4, -0.2) is 8.07 Å². The molecule has 5 rings (SSSR count). The van der Waals surface area contributed by atoms with Crippen molar-refractivity contribution in [2.75, 3.05) is 0 Å². The van der Waals surface area contributed by atoms with E-state index in [1.54, 1.807) is 5.19 Å². The highest BCUT2D eigenvalue weighted by molar-refractivity contribution is 6.93. The standard InChI is InChI=1S/C29H32NSi/c1-20-8-6-9-21(2)28(20)24-10-12-26(22(3)18-24)29-27-13-11-25(31(5)16-7-17-31)19-23(27)14-15-30(29)4/h6,8-15,18-19H,7,16-17H2,1-5H3/q+1. The molecular weight excluding hydrogens is 390 g/mol. The van der Waals surface area contributed by atoms with E-state index in [1.165, 1.54) is 68.4 Å². The Hall–Kier alpha value is -2.71. The largest absolute Gasteiger partial charge is 0.220 e. The third-order valence-electron chi connectivity index (χ3n) is 7.54. The average molecular weight is 423 g/mol. The summed E-state index contributed by atoms with van der Waals surface area (Å²) in [5, 5.41) is 4.37. The predicted molar refractivity (Wildman–Crippen MR) is 136 cm³/mol. The molecule has 0 spiro atoms. The fraction of sp³-hybridized carbons (Fsp3) is 0.276. The molecule has 0 bridgehead atoms. The van der Waals surface area contributed by atoms with Gasteiger partial charge >= 0.3 is 0 Å². The zero-order valence-electron chi connectivity index (χ0n) is 19.4. The maximum atomic E-state index is 2.55. The molecule has 2 heterocycles. The van der Waals surface area contributed by atoms with Crippen molar-refractivity contribution in [1.82, 2.24) is 0 Å². The van der Waals surface area contributed by atoms with Crippen LogP contribution >= 0.6 is 0 Å². The first-order chi connectivity index (χ1) is 14.9. The van der Waals surface area contributed by atoms with Gasteiger partial charge in [0.2, 0.25) is 5.69 Å². The van der Waals surface area contributed by atoms with Gasteiger partial charge in [-0.2, -0.15) is 0 Å². The lowest BCUT2D eigenvalue weighted by atomic mass is 9.92. The molecule has 1 saturated heterocycles. The van der Waals surface area contributed by atoms with Crippen molar-refractivity contribution in [2.24, 2.45) is 7.05 Å². The van der Waals surface area contributed by atoms with Gasteiger partial charge in [0.15, 0.2) is 6.20 Å². The second-order valence-corrected chi connectivity index (χ2v) is 14.5. The zero-order chi connectivity index (χ0) is 21.8. The maximum absolute atomic E-state index is 2.55. The summed E-state index contributed by atoms with van der Waals surface area (Å²) in [7, 11) is 0.996. The fourth-order valence-corrected chi connectivity index (χ4v) is 8.42. The summed E-state index contributed by atoms with van der Waals surface area (Å²) < 4.78 is 2.28. The van der Waals surface area contributed by atoms with Crippen molar-refractivity contribution in [1.29, 1.82) is 0 Å². The molecule has 0 atom stereocenters. The van der Waals surface area contributed by atoms with Gasteiger partial charge in [-0.05, 0) is 66.1 Å². The quantitative estimate of drug-likeness (QED) is 0.258. The predicted octanol–water partition coefficient (Wildman–Crippen LogP) is 6.61. The molecule has 4 aromatic rings. The highest BCUT2D eigenvalue weighted by atomic mass is 28.3. The Morgan fingerprint density at radius 2 is 1.55 bits per heavy atom. The molecule has 0 saturated carbocycles. The van der Waals surface area contributed by atoms with Crippen LogP contribution in [0.2, 0.25) is 18.6 Å². The first-order valence-electron chi connectivity index (χ1n) is 11.5. The molecule has 0 radical (unpaired) electrons. The second kappa shape index (κ2) is 7.46. The number of pyridine rings is 1. The van der Waals surface area contributed by atoms with E-state index in [9.17, 15) is 0 Å². The smallest absolute Gasteiger partial charge is 0.200 e. The molecule has 1 aliphatic heterocycles. The monoisotopic (exact) mass is 422 g/mol. The number of aromatic nitrogens is 1. The number of nitrogens with zero attached hydrogens (tertiary/aromatic N) is 1. The number of fused-ring (bicyclic) bond motifs is 1. The van der Waals surface area contributed by atoms with Gasteiger partial charge in [-0.15, -0.1) is 0 Å². The zero-order valence-corrected chi connectivity index (χ0v) is 20.4. The number of aryl methyl sites for hydroxylation is 4. The minimum absolute atomic E-state index is 1.17. The minimum atomic E-state index is -1.17. The number of benzene rings is 3. The first-order valence-corrected chi connectivity index (χ1v) is 14.4. The van der Waals surface area contributed by atoms with Crippen LogP contribution in [-0.2, 0) is 7.05 Å². The molecule has 31 heavy (non-hydrogen) atoms. The Bertz CT molecular complexity index is 1290. The highest BCUT2D eigenvalue weighted by Gasteiger charge is 2.36. The van der Waals surface area contributed by atoms with Crippen LogP contribution in [0.15, 0.2) is 66.9 Å². The van der Waals surface area contributed by atoms with Crippen molar-refractivity contribution in [3.8, 4) is 22.4 Å². The Morgan fingerprint density at radius 3 is 2.19 bits per heavy atom. The third kappa shape index (κ3) is 3.34. The summed E-state index contributed by atoms with van der Waals surface area (Å²) in [6.45, 7) is 9.22. The Labute approximate surface area is 187 Å². The van der Waals surface area contributed by atoms with E-state index in [2.05, 4.69) is 106 Å². The van der Waals surface area contributed by atoms with Crippen LogP contribution in [0.3, 0.4) is 0 Å². The molecule has 1 aliphatic rings. The average Bonchev–Trinajstić information content (AvgIpc) is 2.72.